The molecule has 1 fully saturated rings. The quantitative estimate of drug-likeness (QED) is 0.922. The van der Waals surface area contributed by atoms with E-state index in [2.05, 4.69) is 39.2 Å². The maximum atomic E-state index is 5.56. The molecular formula is C12H17BrN2O. The van der Waals surface area contributed by atoms with Crippen LogP contribution < -0.4 is 5.32 Å². The van der Waals surface area contributed by atoms with E-state index in [4.69, 9.17) is 4.74 Å². The van der Waals surface area contributed by atoms with Gasteiger partial charge < -0.3 is 10.1 Å². The fraction of sp³-hybridized carbons (Fsp3) is 0.583. The monoisotopic (exact) mass is 284 g/mol. The molecule has 0 unspecified atom stereocenters. The van der Waals surface area contributed by atoms with Crippen molar-refractivity contribution in [1.29, 1.82) is 0 Å². The van der Waals surface area contributed by atoms with Gasteiger partial charge in [-0.2, -0.15) is 0 Å². The number of hydrogen-bond donors (Lipinski definition) is 1. The number of ether oxygens (including phenoxy) is 1. The zero-order valence-corrected chi connectivity index (χ0v) is 11.3. The summed E-state index contributed by atoms with van der Waals surface area (Å²) in [6.07, 6.45) is 5.37. The number of nitrogens with zero attached hydrogens (tertiary/aromatic N) is 1. The highest BCUT2D eigenvalue weighted by Gasteiger charge is 2.36. The van der Waals surface area contributed by atoms with E-state index < -0.39 is 0 Å². The van der Waals surface area contributed by atoms with Gasteiger partial charge in [0.05, 0.1) is 5.60 Å². The number of anilines is 1. The Bertz CT molecular complexity index is 372. The predicted octanol–water partition coefficient (Wildman–Crippen LogP) is 3.13. The summed E-state index contributed by atoms with van der Waals surface area (Å²) in [4.78, 5) is 4.36. The molecule has 1 saturated carbocycles. The molecule has 4 heteroatoms. The number of aryl methyl sites for hydroxylation is 1. The van der Waals surface area contributed by atoms with Gasteiger partial charge in [0.1, 0.15) is 5.82 Å². The maximum absolute atomic E-state index is 5.56. The highest BCUT2D eigenvalue weighted by atomic mass is 79.9. The van der Waals surface area contributed by atoms with Crippen molar-refractivity contribution in [2.75, 3.05) is 19.0 Å². The number of nitrogens with one attached hydrogen (secondary N) is 1. The van der Waals surface area contributed by atoms with Crippen LogP contribution in [0.2, 0.25) is 0 Å². The molecule has 0 amide bonds. The zero-order chi connectivity index (χ0) is 11.6. The number of pyridine rings is 1. The number of rotatable bonds is 4. The number of methoxy groups -OCH3 is 1. The summed E-state index contributed by atoms with van der Waals surface area (Å²) in [6.45, 7) is 2.90. The molecule has 0 radical (unpaired) electrons. The van der Waals surface area contributed by atoms with Crippen molar-refractivity contribution in [3.63, 3.8) is 0 Å². The van der Waals surface area contributed by atoms with Crippen LogP contribution in [0.5, 0.6) is 0 Å². The minimum Gasteiger partial charge on any atom is -0.376 e. The van der Waals surface area contributed by atoms with Crippen LogP contribution in [0.25, 0.3) is 0 Å². The number of halogens is 1. The van der Waals surface area contributed by atoms with Crippen LogP contribution in [0.1, 0.15) is 24.8 Å². The van der Waals surface area contributed by atoms with Crippen LogP contribution in [-0.4, -0.2) is 24.2 Å². The lowest BCUT2D eigenvalue weighted by atomic mass is 9.80. The normalized spacial score (nSPS) is 17.9. The third kappa shape index (κ3) is 2.38. The van der Waals surface area contributed by atoms with Gasteiger partial charge in [-0.05, 0) is 53.7 Å². The van der Waals surface area contributed by atoms with Crippen LogP contribution in [0.4, 0.5) is 5.82 Å². The zero-order valence-electron chi connectivity index (χ0n) is 9.72. The largest absolute Gasteiger partial charge is 0.376 e. The Hall–Kier alpha value is -0.610. The second kappa shape index (κ2) is 4.72. The molecule has 1 aliphatic carbocycles. The van der Waals surface area contributed by atoms with Crippen LogP contribution in [0, 0.1) is 6.92 Å². The molecule has 3 nitrogen and oxygen atoms in total. The highest BCUT2D eigenvalue weighted by Crippen LogP contribution is 2.35. The second-order valence-corrected chi connectivity index (χ2v) is 5.33. The molecule has 0 spiro atoms. The Labute approximate surface area is 105 Å². The topological polar surface area (TPSA) is 34.1 Å². The summed E-state index contributed by atoms with van der Waals surface area (Å²) < 4.78 is 6.57. The van der Waals surface area contributed by atoms with Crippen molar-refractivity contribution in [2.45, 2.75) is 31.8 Å². The molecule has 1 aliphatic rings. The lowest BCUT2D eigenvalue weighted by Gasteiger charge is -2.40. The standard InChI is InChI=1S/C12H17BrN2O/c1-9-6-10(13)7-14-11(9)15-8-12(16-2)4-3-5-12/h6-7H,3-5,8H2,1-2H3,(H,14,15). The van der Waals surface area contributed by atoms with E-state index in [0.29, 0.717) is 0 Å². The van der Waals surface area contributed by atoms with Crippen molar-refractivity contribution in [1.82, 2.24) is 4.98 Å². The van der Waals surface area contributed by atoms with Crippen molar-refractivity contribution < 1.29 is 4.74 Å². The van der Waals surface area contributed by atoms with E-state index in [9.17, 15) is 0 Å². The van der Waals surface area contributed by atoms with E-state index in [-0.39, 0.29) is 5.60 Å². The van der Waals surface area contributed by atoms with Gasteiger partial charge in [-0.1, -0.05) is 0 Å². The Balaban J connectivity index is 1.99. The molecule has 2 rings (SSSR count). The first-order valence-electron chi connectivity index (χ1n) is 5.56. The van der Waals surface area contributed by atoms with Crippen molar-refractivity contribution in [2.24, 2.45) is 0 Å². The van der Waals surface area contributed by atoms with Gasteiger partial charge in [-0.25, -0.2) is 4.98 Å². The molecule has 16 heavy (non-hydrogen) atoms. The lowest BCUT2D eigenvalue weighted by Crippen LogP contribution is -2.45. The van der Waals surface area contributed by atoms with Gasteiger partial charge in [0.15, 0.2) is 0 Å². The van der Waals surface area contributed by atoms with Crippen LogP contribution in [0.3, 0.4) is 0 Å². The smallest absolute Gasteiger partial charge is 0.129 e. The molecule has 0 atom stereocenters. The Morgan fingerprint density at radius 1 is 1.56 bits per heavy atom. The first-order chi connectivity index (χ1) is 7.65. The summed E-state index contributed by atoms with van der Waals surface area (Å²) in [5.74, 6) is 0.950. The minimum absolute atomic E-state index is 0.0429. The molecule has 0 aliphatic heterocycles. The van der Waals surface area contributed by atoms with E-state index in [1.807, 2.05) is 6.20 Å². The fourth-order valence-corrected chi connectivity index (χ4v) is 2.44. The van der Waals surface area contributed by atoms with Crippen LogP contribution >= 0.6 is 15.9 Å². The Morgan fingerprint density at radius 3 is 2.81 bits per heavy atom. The first kappa shape index (κ1) is 11.9. The van der Waals surface area contributed by atoms with E-state index in [0.717, 1.165) is 35.2 Å². The SMILES string of the molecule is COC1(CNc2ncc(Br)cc2C)CCC1. The van der Waals surface area contributed by atoms with Gasteiger partial charge in [-0.3, -0.25) is 0 Å². The third-order valence-corrected chi connectivity index (χ3v) is 3.75. The molecule has 1 heterocycles. The Kier molecular flexibility index (Phi) is 3.50. The predicted molar refractivity (Wildman–Crippen MR) is 68.8 cm³/mol. The van der Waals surface area contributed by atoms with Crippen molar-refractivity contribution >= 4 is 21.7 Å². The molecular weight excluding hydrogens is 268 g/mol. The van der Waals surface area contributed by atoms with Crippen LogP contribution in [0.15, 0.2) is 16.7 Å². The first-order valence-corrected chi connectivity index (χ1v) is 6.36. The summed E-state index contributed by atoms with van der Waals surface area (Å²) in [7, 11) is 1.79. The number of hydrogen-bond acceptors (Lipinski definition) is 3. The molecule has 1 aromatic rings. The molecule has 1 aromatic heterocycles. The van der Waals surface area contributed by atoms with Crippen LogP contribution in [-0.2, 0) is 4.74 Å². The second-order valence-electron chi connectivity index (χ2n) is 4.41. The average molecular weight is 285 g/mol. The average Bonchev–Trinajstić information content (AvgIpc) is 2.19. The summed E-state index contributed by atoms with van der Waals surface area (Å²) in [5, 5.41) is 3.38. The molecule has 0 bridgehead atoms. The van der Waals surface area contributed by atoms with Gasteiger partial charge in [-0.15, -0.1) is 0 Å². The fourth-order valence-electron chi connectivity index (χ4n) is 1.99. The summed E-state index contributed by atoms with van der Waals surface area (Å²) in [5.41, 5.74) is 1.20. The highest BCUT2D eigenvalue weighted by molar-refractivity contribution is 9.10. The lowest BCUT2D eigenvalue weighted by molar-refractivity contribution is -0.0601. The summed E-state index contributed by atoms with van der Waals surface area (Å²) in [6, 6.07) is 2.07. The molecule has 88 valence electrons. The Morgan fingerprint density at radius 2 is 2.31 bits per heavy atom. The van der Waals surface area contributed by atoms with Gasteiger partial charge in [0.2, 0.25) is 0 Å². The van der Waals surface area contributed by atoms with E-state index >= 15 is 0 Å². The maximum Gasteiger partial charge on any atom is 0.129 e. The van der Waals surface area contributed by atoms with Gasteiger partial charge in [0, 0.05) is 24.3 Å². The minimum atomic E-state index is 0.0429. The number of aromatic nitrogens is 1. The molecule has 0 saturated heterocycles. The molecule has 1 N–H and O–H groups in total. The van der Waals surface area contributed by atoms with E-state index in [1.165, 1.54) is 6.42 Å². The van der Waals surface area contributed by atoms with E-state index in [1.54, 1.807) is 7.11 Å². The van der Waals surface area contributed by atoms with Gasteiger partial charge in [0.25, 0.3) is 0 Å². The van der Waals surface area contributed by atoms with Gasteiger partial charge >= 0.3 is 0 Å². The molecule has 0 aromatic carbocycles. The summed E-state index contributed by atoms with van der Waals surface area (Å²) >= 11 is 3.41. The van der Waals surface area contributed by atoms with Crippen molar-refractivity contribution in [3.8, 4) is 0 Å². The third-order valence-electron chi connectivity index (χ3n) is 3.32. The van der Waals surface area contributed by atoms with Crippen molar-refractivity contribution in [3.05, 3.63) is 22.3 Å².